The number of nitrogens with one attached hydrogen (secondary N) is 1. The Bertz CT molecular complexity index is 1050. The topological polar surface area (TPSA) is 51.5 Å². The predicted octanol–water partition coefficient (Wildman–Crippen LogP) is 4.24. The van der Waals surface area contributed by atoms with Gasteiger partial charge in [-0.05, 0) is 67.0 Å². The highest BCUT2D eigenvalue weighted by Crippen LogP contribution is 2.40. The molecule has 3 atom stereocenters. The highest BCUT2D eigenvalue weighted by atomic mass is 32.1. The van der Waals surface area contributed by atoms with Gasteiger partial charge in [-0.1, -0.05) is 18.2 Å². The van der Waals surface area contributed by atoms with Crippen molar-refractivity contribution in [3.63, 3.8) is 0 Å². The zero-order valence-electron chi connectivity index (χ0n) is 18.2. The molecule has 1 N–H and O–H groups in total. The van der Waals surface area contributed by atoms with E-state index < -0.39 is 0 Å². The summed E-state index contributed by atoms with van der Waals surface area (Å²) in [6, 6.07) is 18.5. The van der Waals surface area contributed by atoms with Crippen molar-refractivity contribution in [2.75, 3.05) is 13.7 Å². The summed E-state index contributed by atoms with van der Waals surface area (Å²) in [6.07, 6.45) is 6.51. The fourth-order valence-electron chi connectivity index (χ4n) is 4.69. The van der Waals surface area contributed by atoms with Gasteiger partial charge in [-0.15, -0.1) is 0 Å². The molecule has 32 heavy (non-hydrogen) atoms. The Hall–Kier alpha value is -2.90. The summed E-state index contributed by atoms with van der Waals surface area (Å²) in [4.78, 5) is 6.93. The van der Waals surface area contributed by atoms with Crippen molar-refractivity contribution < 1.29 is 9.47 Å². The van der Waals surface area contributed by atoms with Crippen molar-refractivity contribution >= 4 is 17.3 Å². The standard InChI is InChI=1S/C25H28N4O2S/c1-30-19-11-9-18(10-12-19)16-29-24(23(27-25(29)32)21-7-2-3-13-26-21)22-8-4-14-28(22)17-20-6-5-15-31-20/h2-4,7-14,20,23-24H,5-6,15-17H2,1H3,(H,27,32)/t20-,23-,24+/m0/s1. The van der Waals surface area contributed by atoms with Crippen LogP contribution in [-0.2, 0) is 17.8 Å². The Labute approximate surface area is 194 Å². The maximum atomic E-state index is 5.92. The number of methoxy groups -OCH3 is 1. The fourth-order valence-corrected chi connectivity index (χ4v) is 5.00. The van der Waals surface area contributed by atoms with Crippen LogP contribution in [0, 0.1) is 0 Å². The van der Waals surface area contributed by atoms with Crippen LogP contribution in [0.3, 0.4) is 0 Å². The molecular formula is C25H28N4O2S. The third-order valence-corrected chi connectivity index (χ3v) is 6.65. The normalized spacial score (nSPS) is 22.8. The molecule has 6 nitrogen and oxygen atoms in total. The van der Waals surface area contributed by atoms with Gasteiger partial charge in [0.1, 0.15) is 5.75 Å². The molecule has 0 amide bonds. The van der Waals surface area contributed by atoms with Crippen molar-refractivity contribution in [3.05, 3.63) is 83.9 Å². The summed E-state index contributed by atoms with van der Waals surface area (Å²) >= 11 is 5.83. The molecule has 0 bridgehead atoms. The highest BCUT2D eigenvalue weighted by molar-refractivity contribution is 7.80. The Morgan fingerprint density at radius 2 is 2.03 bits per heavy atom. The number of hydrogen-bond acceptors (Lipinski definition) is 4. The lowest BCUT2D eigenvalue weighted by Crippen LogP contribution is -2.30. The Balaban J connectivity index is 1.49. The number of hydrogen-bond donors (Lipinski definition) is 1. The van der Waals surface area contributed by atoms with Crippen molar-refractivity contribution in [2.24, 2.45) is 0 Å². The maximum Gasteiger partial charge on any atom is 0.170 e. The monoisotopic (exact) mass is 448 g/mol. The van der Waals surface area contributed by atoms with E-state index in [9.17, 15) is 0 Å². The van der Waals surface area contributed by atoms with Gasteiger partial charge in [-0.25, -0.2) is 0 Å². The zero-order valence-corrected chi connectivity index (χ0v) is 19.0. The van der Waals surface area contributed by atoms with Crippen LogP contribution in [0.2, 0.25) is 0 Å². The number of pyridine rings is 1. The molecule has 0 radical (unpaired) electrons. The summed E-state index contributed by atoms with van der Waals surface area (Å²) in [5, 5.41) is 4.29. The molecule has 1 aromatic carbocycles. The van der Waals surface area contributed by atoms with E-state index >= 15 is 0 Å². The smallest absolute Gasteiger partial charge is 0.170 e. The summed E-state index contributed by atoms with van der Waals surface area (Å²) in [6.45, 7) is 2.42. The maximum absolute atomic E-state index is 5.92. The summed E-state index contributed by atoms with van der Waals surface area (Å²) in [5.41, 5.74) is 3.39. The third kappa shape index (κ3) is 4.23. The first-order valence-corrected chi connectivity index (χ1v) is 11.5. The molecule has 2 aliphatic rings. The summed E-state index contributed by atoms with van der Waals surface area (Å²) in [5.74, 6) is 0.851. The average Bonchev–Trinajstić information content (AvgIpc) is 3.57. The van der Waals surface area contributed by atoms with Crippen LogP contribution in [0.4, 0.5) is 0 Å². The molecule has 0 unspecified atom stereocenters. The Kier molecular flexibility index (Phi) is 6.10. The quantitative estimate of drug-likeness (QED) is 0.546. The lowest BCUT2D eigenvalue weighted by atomic mass is 10.0. The molecule has 166 valence electrons. The number of benzene rings is 1. The SMILES string of the molecule is COc1ccc(CN2C(=S)N[C@@H](c3ccccn3)[C@H]2c2cccn2C[C@@H]2CCCO2)cc1. The second-order valence-electron chi connectivity index (χ2n) is 8.32. The molecule has 2 fully saturated rings. The van der Waals surface area contributed by atoms with E-state index in [4.69, 9.17) is 21.7 Å². The number of rotatable bonds is 7. The van der Waals surface area contributed by atoms with E-state index in [1.165, 1.54) is 11.3 Å². The zero-order chi connectivity index (χ0) is 21.9. The van der Waals surface area contributed by atoms with Crippen LogP contribution >= 0.6 is 12.2 Å². The molecule has 2 aliphatic heterocycles. The second-order valence-corrected chi connectivity index (χ2v) is 8.71. The van der Waals surface area contributed by atoms with Crippen LogP contribution in [0.5, 0.6) is 5.75 Å². The van der Waals surface area contributed by atoms with Gasteiger partial charge in [0, 0.05) is 37.8 Å². The predicted molar refractivity (Wildman–Crippen MR) is 127 cm³/mol. The number of ether oxygens (including phenoxy) is 2. The van der Waals surface area contributed by atoms with Crippen LogP contribution in [0.15, 0.2) is 67.0 Å². The van der Waals surface area contributed by atoms with E-state index in [2.05, 4.69) is 56.3 Å². The minimum Gasteiger partial charge on any atom is -0.497 e. The summed E-state index contributed by atoms with van der Waals surface area (Å²) < 4.78 is 13.6. The van der Waals surface area contributed by atoms with Crippen LogP contribution in [0.1, 0.15) is 41.9 Å². The van der Waals surface area contributed by atoms with E-state index in [1.54, 1.807) is 7.11 Å². The fraction of sp³-hybridized carbons (Fsp3) is 0.360. The molecule has 2 saturated heterocycles. The molecule has 4 heterocycles. The van der Waals surface area contributed by atoms with Gasteiger partial charge in [0.25, 0.3) is 0 Å². The first-order valence-electron chi connectivity index (χ1n) is 11.1. The largest absolute Gasteiger partial charge is 0.497 e. The summed E-state index contributed by atoms with van der Waals surface area (Å²) in [7, 11) is 1.68. The molecular weight excluding hydrogens is 420 g/mol. The van der Waals surface area contributed by atoms with Crippen molar-refractivity contribution in [2.45, 2.75) is 44.1 Å². The van der Waals surface area contributed by atoms with Gasteiger partial charge >= 0.3 is 0 Å². The minimum absolute atomic E-state index is 0.0240. The van der Waals surface area contributed by atoms with Crippen LogP contribution < -0.4 is 10.1 Å². The van der Waals surface area contributed by atoms with E-state index in [0.717, 1.165) is 42.5 Å². The lowest BCUT2D eigenvalue weighted by Gasteiger charge is -2.29. The second kappa shape index (κ2) is 9.30. The van der Waals surface area contributed by atoms with Gasteiger partial charge in [-0.3, -0.25) is 4.98 Å². The van der Waals surface area contributed by atoms with Crippen molar-refractivity contribution in [1.29, 1.82) is 0 Å². The number of thiocarbonyl (C=S) groups is 1. The van der Waals surface area contributed by atoms with E-state index in [0.29, 0.717) is 6.54 Å². The molecule has 5 rings (SSSR count). The third-order valence-electron chi connectivity index (χ3n) is 6.30. The number of aromatic nitrogens is 2. The molecule has 7 heteroatoms. The lowest BCUT2D eigenvalue weighted by molar-refractivity contribution is 0.0953. The average molecular weight is 449 g/mol. The Morgan fingerprint density at radius 1 is 1.16 bits per heavy atom. The first-order chi connectivity index (χ1) is 15.7. The van der Waals surface area contributed by atoms with Gasteiger partial charge in [0.15, 0.2) is 5.11 Å². The van der Waals surface area contributed by atoms with Gasteiger partial charge in [0.2, 0.25) is 0 Å². The van der Waals surface area contributed by atoms with Crippen LogP contribution in [-0.4, -0.2) is 39.4 Å². The molecule has 2 aromatic heterocycles. The molecule has 0 spiro atoms. The minimum atomic E-state index is -0.0277. The van der Waals surface area contributed by atoms with Gasteiger partial charge in [-0.2, -0.15) is 0 Å². The van der Waals surface area contributed by atoms with Gasteiger partial charge in [0.05, 0.1) is 31.0 Å². The van der Waals surface area contributed by atoms with Crippen molar-refractivity contribution in [1.82, 2.24) is 19.8 Å². The Morgan fingerprint density at radius 3 is 2.75 bits per heavy atom. The number of nitrogens with zero attached hydrogens (tertiary/aromatic N) is 3. The van der Waals surface area contributed by atoms with E-state index in [-0.39, 0.29) is 18.2 Å². The van der Waals surface area contributed by atoms with Crippen LogP contribution in [0.25, 0.3) is 0 Å². The first kappa shape index (κ1) is 21.0. The molecule has 0 aliphatic carbocycles. The van der Waals surface area contributed by atoms with E-state index in [1.807, 2.05) is 30.5 Å². The molecule has 0 saturated carbocycles. The highest BCUT2D eigenvalue weighted by Gasteiger charge is 2.41. The molecule has 3 aromatic rings. The van der Waals surface area contributed by atoms with Crippen molar-refractivity contribution in [3.8, 4) is 5.75 Å². The van der Waals surface area contributed by atoms with Gasteiger partial charge < -0.3 is 24.3 Å².